The van der Waals surface area contributed by atoms with Crippen molar-refractivity contribution in [2.75, 3.05) is 16.8 Å². The van der Waals surface area contributed by atoms with E-state index in [0.29, 0.717) is 21.4 Å². The molecule has 0 aromatic heterocycles. The highest BCUT2D eigenvalue weighted by molar-refractivity contribution is 6.32. The number of fused-ring (bicyclic) bond motifs is 1. The molecule has 1 fully saturated rings. The summed E-state index contributed by atoms with van der Waals surface area (Å²) in [6, 6.07) is 8.12. The Kier molecular flexibility index (Phi) is 5.21. The lowest BCUT2D eigenvalue weighted by Gasteiger charge is -2.20. The van der Waals surface area contributed by atoms with E-state index in [4.69, 9.17) is 23.2 Å². The molecule has 0 spiro atoms. The van der Waals surface area contributed by atoms with Crippen molar-refractivity contribution in [3.05, 3.63) is 57.6 Å². The van der Waals surface area contributed by atoms with Crippen molar-refractivity contribution in [1.29, 1.82) is 0 Å². The molecule has 0 unspecified atom stereocenters. The molecule has 2 heterocycles. The van der Waals surface area contributed by atoms with Crippen molar-refractivity contribution in [3.63, 3.8) is 0 Å². The van der Waals surface area contributed by atoms with Crippen molar-refractivity contribution in [3.8, 4) is 0 Å². The Balaban J connectivity index is 1.51. The molecule has 2 aliphatic rings. The smallest absolute Gasteiger partial charge is 0.263 e. The van der Waals surface area contributed by atoms with E-state index in [2.05, 4.69) is 15.7 Å². The molecule has 0 saturated carbocycles. The predicted octanol–water partition coefficient (Wildman–Crippen LogP) is 3.54. The molecule has 0 aliphatic carbocycles. The molecule has 10 heteroatoms. The van der Waals surface area contributed by atoms with Gasteiger partial charge in [-0.1, -0.05) is 40.6 Å². The number of amides is 3. The Morgan fingerprint density at radius 3 is 2.53 bits per heavy atom. The number of halogens is 2. The zero-order valence-corrected chi connectivity index (χ0v) is 17.6. The Morgan fingerprint density at radius 1 is 1.07 bits per heavy atom. The lowest BCUT2D eigenvalue weighted by atomic mass is 10.1. The highest BCUT2D eigenvalue weighted by atomic mass is 35.5. The average molecular weight is 446 g/mol. The number of imide groups is 1. The van der Waals surface area contributed by atoms with Gasteiger partial charge in [-0.05, 0) is 49.2 Å². The van der Waals surface area contributed by atoms with E-state index in [-0.39, 0.29) is 6.54 Å². The molecule has 4 rings (SSSR count). The van der Waals surface area contributed by atoms with Crippen LogP contribution in [0.4, 0.5) is 11.4 Å². The van der Waals surface area contributed by atoms with Crippen molar-refractivity contribution in [1.82, 2.24) is 5.01 Å². The maximum atomic E-state index is 13.0. The monoisotopic (exact) mass is 445 g/mol. The van der Waals surface area contributed by atoms with Gasteiger partial charge in [0, 0.05) is 15.7 Å². The fourth-order valence-electron chi connectivity index (χ4n) is 3.39. The third-order valence-electron chi connectivity index (χ3n) is 5.05. The second-order valence-electron chi connectivity index (χ2n) is 7.14. The third kappa shape index (κ3) is 3.53. The van der Waals surface area contributed by atoms with E-state index in [1.165, 1.54) is 5.01 Å². The molecule has 2 aliphatic heterocycles. The van der Waals surface area contributed by atoms with Crippen LogP contribution in [0.15, 0.2) is 46.7 Å². The first kappa shape index (κ1) is 20.3. The van der Waals surface area contributed by atoms with Gasteiger partial charge in [0.05, 0.1) is 5.69 Å². The molecule has 3 amide bonds. The maximum absolute atomic E-state index is 13.0. The van der Waals surface area contributed by atoms with E-state index in [1.807, 2.05) is 13.8 Å². The number of carbonyl (C=O) groups excluding carboxylic acids is 3. The second kappa shape index (κ2) is 7.70. The van der Waals surface area contributed by atoms with Crippen LogP contribution in [0, 0.1) is 13.8 Å². The minimum atomic E-state index is -0.988. The zero-order valence-electron chi connectivity index (χ0n) is 16.1. The minimum absolute atomic E-state index is 0.238. The normalized spacial score (nSPS) is 20.1. The number of carbonyl (C=O) groups is 3. The van der Waals surface area contributed by atoms with Crippen LogP contribution >= 0.6 is 23.2 Å². The summed E-state index contributed by atoms with van der Waals surface area (Å²) in [4.78, 5) is 39.3. The lowest BCUT2D eigenvalue weighted by molar-refractivity contribution is -0.123. The molecule has 1 saturated heterocycles. The summed E-state index contributed by atoms with van der Waals surface area (Å²) in [5.74, 6) is -1.40. The molecule has 2 atom stereocenters. The fraction of sp³-hybridized carbons (Fsp3) is 0.250. The SMILES string of the molecule is Cc1ccc(N2C(=O)[C@@H]3[C@@H](N=NN3CC(=O)Nc3cc(Cl)ccc3C)C2=O)cc1Cl. The van der Waals surface area contributed by atoms with Gasteiger partial charge in [-0.15, -0.1) is 0 Å². The van der Waals surface area contributed by atoms with E-state index in [0.717, 1.165) is 16.0 Å². The summed E-state index contributed by atoms with van der Waals surface area (Å²) < 4.78 is 0. The summed E-state index contributed by atoms with van der Waals surface area (Å²) >= 11 is 12.1. The van der Waals surface area contributed by atoms with Gasteiger partial charge in [-0.25, -0.2) is 4.90 Å². The summed E-state index contributed by atoms with van der Waals surface area (Å²) in [5, 5.41) is 12.7. The van der Waals surface area contributed by atoms with Gasteiger partial charge >= 0.3 is 0 Å². The lowest BCUT2D eigenvalue weighted by Crippen LogP contribution is -2.43. The number of benzene rings is 2. The maximum Gasteiger partial charge on any atom is 0.263 e. The third-order valence-corrected chi connectivity index (χ3v) is 5.69. The summed E-state index contributed by atoms with van der Waals surface area (Å²) in [7, 11) is 0. The molecule has 154 valence electrons. The molecule has 1 N–H and O–H groups in total. The van der Waals surface area contributed by atoms with Gasteiger partial charge < -0.3 is 5.32 Å². The topological polar surface area (TPSA) is 94.4 Å². The summed E-state index contributed by atoms with van der Waals surface area (Å²) in [6.07, 6.45) is 0. The van der Waals surface area contributed by atoms with Crippen LogP contribution < -0.4 is 10.2 Å². The van der Waals surface area contributed by atoms with Crippen LogP contribution in [-0.4, -0.2) is 41.4 Å². The van der Waals surface area contributed by atoms with Crippen LogP contribution in [0.2, 0.25) is 10.0 Å². The number of hydrogen-bond donors (Lipinski definition) is 1. The number of nitrogens with one attached hydrogen (secondary N) is 1. The summed E-state index contributed by atoms with van der Waals surface area (Å²) in [5.41, 5.74) is 2.59. The minimum Gasteiger partial charge on any atom is -0.324 e. The average Bonchev–Trinajstić information content (AvgIpc) is 3.21. The largest absolute Gasteiger partial charge is 0.324 e. The quantitative estimate of drug-likeness (QED) is 0.727. The van der Waals surface area contributed by atoms with Crippen LogP contribution in [0.1, 0.15) is 11.1 Å². The fourth-order valence-corrected chi connectivity index (χ4v) is 3.74. The van der Waals surface area contributed by atoms with E-state index < -0.39 is 29.8 Å². The van der Waals surface area contributed by atoms with Gasteiger partial charge in [0.1, 0.15) is 6.54 Å². The van der Waals surface area contributed by atoms with Gasteiger partial charge in [0.25, 0.3) is 11.8 Å². The standard InChI is InChI=1S/C20H17Cl2N5O3/c1-10-4-6-13(8-14(10)22)27-19(29)17-18(20(27)30)26(25-24-17)9-16(28)23-15-7-12(21)5-3-11(15)2/h3-8,17-18H,9H2,1-2H3,(H,23,28)/t17-,18+/m1/s1. The predicted molar refractivity (Wildman–Crippen MR) is 113 cm³/mol. The van der Waals surface area contributed by atoms with Crippen LogP contribution in [0.3, 0.4) is 0 Å². The van der Waals surface area contributed by atoms with Gasteiger partial charge in [0.2, 0.25) is 5.91 Å². The van der Waals surface area contributed by atoms with E-state index in [9.17, 15) is 14.4 Å². The first-order valence-corrected chi connectivity index (χ1v) is 9.89. The molecule has 0 radical (unpaired) electrons. The van der Waals surface area contributed by atoms with Crippen LogP contribution in [-0.2, 0) is 14.4 Å². The van der Waals surface area contributed by atoms with Crippen molar-refractivity contribution < 1.29 is 14.4 Å². The van der Waals surface area contributed by atoms with Gasteiger partial charge in [-0.3, -0.25) is 19.4 Å². The zero-order chi connectivity index (χ0) is 21.6. The van der Waals surface area contributed by atoms with Crippen LogP contribution in [0.5, 0.6) is 0 Å². The van der Waals surface area contributed by atoms with Gasteiger partial charge in [0.15, 0.2) is 12.1 Å². The molecule has 0 bridgehead atoms. The first-order valence-electron chi connectivity index (χ1n) is 9.13. The number of anilines is 2. The number of rotatable bonds is 4. The number of hydrogen-bond acceptors (Lipinski definition) is 6. The van der Waals surface area contributed by atoms with Crippen LogP contribution in [0.25, 0.3) is 0 Å². The summed E-state index contributed by atoms with van der Waals surface area (Å²) in [6.45, 7) is 3.42. The Bertz CT molecular complexity index is 1100. The van der Waals surface area contributed by atoms with Crippen molar-refractivity contribution in [2.45, 2.75) is 25.9 Å². The van der Waals surface area contributed by atoms with Gasteiger partial charge in [-0.2, -0.15) is 5.11 Å². The second-order valence-corrected chi connectivity index (χ2v) is 7.99. The Labute approximate surface area is 182 Å². The molecule has 30 heavy (non-hydrogen) atoms. The van der Waals surface area contributed by atoms with Crippen molar-refractivity contribution >= 4 is 52.3 Å². The molecule has 2 aromatic carbocycles. The van der Waals surface area contributed by atoms with E-state index in [1.54, 1.807) is 36.4 Å². The number of nitrogens with zero attached hydrogens (tertiary/aromatic N) is 4. The molecule has 8 nitrogen and oxygen atoms in total. The Hall–Kier alpha value is -2.97. The van der Waals surface area contributed by atoms with Crippen molar-refractivity contribution in [2.24, 2.45) is 10.3 Å². The number of aryl methyl sites for hydroxylation is 2. The molecule has 2 aromatic rings. The first-order chi connectivity index (χ1) is 14.3. The molecular formula is C20H17Cl2N5O3. The molecular weight excluding hydrogens is 429 g/mol. The Morgan fingerprint density at radius 2 is 1.80 bits per heavy atom. The highest BCUT2D eigenvalue weighted by Gasteiger charge is 2.55. The van der Waals surface area contributed by atoms with E-state index >= 15 is 0 Å². The highest BCUT2D eigenvalue weighted by Crippen LogP contribution is 2.33.